The second-order valence-electron chi connectivity index (χ2n) is 7.92. The van der Waals surface area contributed by atoms with Crippen LogP contribution >= 0.6 is 0 Å². The molecule has 0 bridgehead atoms. The Balaban J connectivity index is 1.55. The summed E-state index contributed by atoms with van der Waals surface area (Å²) in [6.45, 7) is 4.36. The summed E-state index contributed by atoms with van der Waals surface area (Å²) in [4.78, 5) is 21.5. The van der Waals surface area contributed by atoms with Crippen molar-refractivity contribution in [3.8, 4) is 11.5 Å². The standard InChI is InChI=1S/C23H25N5O5S/c1-5-12-28-20-11-10-18(34(30,31)27(3)4)13-19(20)25-21(28)14-32-23(29)17-8-6-16(7-9-17)22-24-15(2)26-33-22/h6-11,13H,5,12,14H2,1-4H3. The first-order valence-electron chi connectivity index (χ1n) is 10.7. The molecule has 0 aliphatic rings. The van der Waals surface area contributed by atoms with Gasteiger partial charge in [-0.25, -0.2) is 22.5 Å². The third kappa shape index (κ3) is 4.57. The van der Waals surface area contributed by atoms with Gasteiger partial charge in [0, 0.05) is 26.2 Å². The Kier molecular flexibility index (Phi) is 6.49. The number of sulfonamides is 1. The first kappa shape index (κ1) is 23.6. The molecule has 0 amide bonds. The maximum absolute atomic E-state index is 12.6. The fraction of sp³-hybridized carbons (Fsp3) is 0.304. The Morgan fingerprint density at radius 2 is 1.85 bits per heavy atom. The number of hydrogen-bond donors (Lipinski definition) is 0. The van der Waals surface area contributed by atoms with Crippen molar-refractivity contribution >= 4 is 27.0 Å². The maximum Gasteiger partial charge on any atom is 0.338 e. The van der Waals surface area contributed by atoms with Crippen LogP contribution in [0.2, 0.25) is 0 Å². The first-order chi connectivity index (χ1) is 16.2. The summed E-state index contributed by atoms with van der Waals surface area (Å²) in [6, 6.07) is 11.5. The maximum atomic E-state index is 12.6. The predicted molar refractivity (Wildman–Crippen MR) is 124 cm³/mol. The van der Waals surface area contributed by atoms with Crippen LogP contribution in [0.1, 0.15) is 35.4 Å². The van der Waals surface area contributed by atoms with Crippen LogP contribution in [0.15, 0.2) is 51.9 Å². The molecule has 4 aromatic rings. The Bertz CT molecular complexity index is 1440. The Labute approximate surface area is 197 Å². The molecule has 0 atom stereocenters. The molecule has 2 aromatic heterocycles. The highest BCUT2D eigenvalue weighted by Gasteiger charge is 2.20. The topological polar surface area (TPSA) is 120 Å². The van der Waals surface area contributed by atoms with Crippen molar-refractivity contribution in [3.63, 3.8) is 0 Å². The second kappa shape index (κ2) is 9.35. The van der Waals surface area contributed by atoms with E-state index in [0.29, 0.717) is 40.7 Å². The van der Waals surface area contributed by atoms with Crippen LogP contribution in [0, 0.1) is 6.92 Å². The summed E-state index contributed by atoms with van der Waals surface area (Å²) in [5, 5.41) is 3.76. The number of nitrogens with zero attached hydrogens (tertiary/aromatic N) is 5. The first-order valence-corrected chi connectivity index (χ1v) is 12.1. The molecule has 2 aromatic carbocycles. The van der Waals surface area contributed by atoms with Crippen molar-refractivity contribution in [1.82, 2.24) is 24.0 Å². The van der Waals surface area contributed by atoms with Gasteiger partial charge in [-0.1, -0.05) is 12.1 Å². The zero-order chi connectivity index (χ0) is 24.5. The highest BCUT2D eigenvalue weighted by atomic mass is 32.2. The molecule has 34 heavy (non-hydrogen) atoms. The molecule has 0 radical (unpaired) electrons. The molecule has 2 heterocycles. The lowest BCUT2D eigenvalue weighted by atomic mass is 10.1. The molecule has 0 aliphatic heterocycles. The highest BCUT2D eigenvalue weighted by molar-refractivity contribution is 7.89. The van der Waals surface area contributed by atoms with Crippen LogP contribution in [0.3, 0.4) is 0 Å². The Hall–Kier alpha value is -3.57. The lowest BCUT2D eigenvalue weighted by Crippen LogP contribution is -2.22. The van der Waals surface area contributed by atoms with Gasteiger partial charge in [0.15, 0.2) is 5.82 Å². The normalized spacial score (nSPS) is 11.9. The van der Waals surface area contributed by atoms with Crippen LogP contribution in [-0.4, -0.2) is 52.5 Å². The van der Waals surface area contributed by atoms with Gasteiger partial charge in [-0.2, -0.15) is 4.98 Å². The Morgan fingerprint density at radius 3 is 2.47 bits per heavy atom. The number of imidazole rings is 1. The van der Waals surface area contributed by atoms with E-state index in [-0.39, 0.29) is 11.5 Å². The third-order valence-corrected chi connectivity index (χ3v) is 7.06. The van der Waals surface area contributed by atoms with Crippen molar-refractivity contribution < 1.29 is 22.5 Å². The average Bonchev–Trinajstić information content (AvgIpc) is 3.41. The molecule has 0 unspecified atom stereocenters. The molecule has 0 fully saturated rings. The van der Waals surface area contributed by atoms with Crippen LogP contribution in [-0.2, 0) is 27.9 Å². The summed E-state index contributed by atoms with van der Waals surface area (Å²) in [5.41, 5.74) is 2.38. The largest absolute Gasteiger partial charge is 0.454 e. The van der Waals surface area contributed by atoms with E-state index in [1.54, 1.807) is 49.4 Å². The molecule has 10 nitrogen and oxygen atoms in total. The van der Waals surface area contributed by atoms with Crippen LogP contribution in [0.5, 0.6) is 0 Å². The molecule has 0 N–H and O–H groups in total. The van der Waals surface area contributed by atoms with Crippen LogP contribution in [0.4, 0.5) is 0 Å². The van der Waals surface area contributed by atoms with Crippen LogP contribution in [0.25, 0.3) is 22.5 Å². The number of rotatable bonds is 8. The second-order valence-corrected chi connectivity index (χ2v) is 10.1. The van der Waals surface area contributed by atoms with E-state index in [1.165, 1.54) is 14.1 Å². The number of ether oxygens (including phenoxy) is 1. The zero-order valence-electron chi connectivity index (χ0n) is 19.3. The zero-order valence-corrected chi connectivity index (χ0v) is 20.2. The minimum absolute atomic E-state index is 0.0477. The smallest absolute Gasteiger partial charge is 0.338 e. The molecule has 0 saturated carbocycles. The van der Waals surface area contributed by atoms with Gasteiger partial charge < -0.3 is 13.8 Å². The molecule has 4 rings (SSSR count). The van der Waals surface area contributed by atoms with Gasteiger partial charge in [-0.05, 0) is 55.8 Å². The minimum Gasteiger partial charge on any atom is -0.454 e. The number of esters is 1. The molecular formula is C23H25N5O5S. The summed E-state index contributed by atoms with van der Waals surface area (Å²) in [7, 11) is -0.621. The third-order valence-electron chi connectivity index (χ3n) is 5.25. The van der Waals surface area contributed by atoms with Gasteiger partial charge in [0.25, 0.3) is 5.89 Å². The van der Waals surface area contributed by atoms with Gasteiger partial charge in [0.1, 0.15) is 12.4 Å². The van der Waals surface area contributed by atoms with Crippen molar-refractivity contribution in [2.24, 2.45) is 0 Å². The monoisotopic (exact) mass is 483 g/mol. The van der Waals surface area contributed by atoms with Gasteiger partial charge in [0.2, 0.25) is 10.0 Å². The quantitative estimate of drug-likeness (QED) is 0.350. The van der Waals surface area contributed by atoms with Gasteiger partial charge >= 0.3 is 5.97 Å². The molecular weight excluding hydrogens is 458 g/mol. The van der Waals surface area contributed by atoms with Crippen molar-refractivity contribution in [2.45, 2.75) is 38.3 Å². The summed E-state index contributed by atoms with van der Waals surface area (Å²) >= 11 is 0. The van der Waals surface area contributed by atoms with E-state index in [0.717, 1.165) is 16.2 Å². The fourth-order valence-electron chi connectivity index (χ4n) is 3.49. The molecule has 0 spiro atoms. The summed E-state index contributed by atoms with van der Waals surface area (Å²) in [6.07, 6.45) is 0.834. The van der Waals surface area contributed by atoms with E-state index in [1.807, 2.05) is 11.5 Å². The number of benzene rings is 2. The molecule has 178 valence electrons. The SMILES string of the molecule is CCCn1c(COC(=O)c2ccc(-c3nc(C)no3)cc2)nc2cc(S(=O)(=O)N(C)C)ccc21. The number of aromatic nitrogens is 4. The fourth-order valence-corrected chi connectivity index (χ4v) is 4.41. The predicted octanol–water partition coefficient (Wildman–Crippen LogP) is 3.41. The van der Waals surface area contributed by atoms with Crippen LogP contribution < -0.4 is 0 Å². The number of carbonyl (C=O) groups excluding carboxylic acids is 1. The summed E-state index contributed by atoms with van der Waals surface area (Å²) in [5.74, 6) is 0.947. The summed E-state index contributed by atoms with van der Waals surface area (Å²) < 4.78 is 38.7. The van der Waals surface area contributed by atoms with E-state index >= 15 is 0 Å². The van der Waals surface area contributed by atoms with Crippen molar-refractivity contribution in [3.05, 3.63) is 59.7 Å². The van der Waals surface area contributed by atoms with E-state index < -0.39 is 16.0 Å². The number of carbonyl (C=O) groups is 1. The van der Waals surface area contributed by atoms with E-state index in [9.17, 15) is 13.2 Å². The van der Waals surface area contributed by atoms with Gasteiger partial charge in [-0.15, -0.1) is 0 Å². The number of fused-ring (bicyclic) bond motifs is 1. The highest BCUT2D eigenvalue weighted by Crippen LogP contribution is 2.23. The Morgan fingerprint density at radius 1 is 1.12 bits per heavy atom. The lowest BCUT2D eigenvalue weighted by molar-refractivity contribution is 0.0458. The number of aryl methyl sites for hydroxylation is 2. The van der Waals surface area contributed by atoms with E-state index in [4.69, 9.17) is 9.26 Å². The molecule has 11 heteroatoms. The van der Waals surface area contributed by atoms with Crippen molar-refractivity contribution in [2.75, 3.05) is 14.1 Å². The van der Waals surface area contributed by atoms with Crippen molar-refractivity contribution in [1.29, 1.82) is 0 Å². The molecule has 0 saturated heterocycles. The van der Waals surface area contributed by atoms with E-state index in [2.05, 4.69) is 15.1 Å². The lowest BCUT2D eigenvalue weighted by Gasteiger charge is -2.11. The minimum atomic E-state index is -3.58. The van der Waals surface area contributed by atoms with Gasteiger partial charge in [-0.3, -0.25) is 0 Å². The average molecular weight is 484 g/mol. The molecule has 0 aliphatic carbocycles. The van der Waals surface area contributed by atoms with Gasteiger partial charge in [0.05, 0.1) is 21.5 Å². The number of hydrogen-bond acceptors (Lipinski definition) is 8.